The van der Waals surface area contributed by atoms with Crippen molar-refractivity contribution in [2.45, 2.75) is 19.3 Å². The Morgan fingerprint density at radius 3 is 2.17 bits per heavy atom. The molecule has 0 aromatic heterocycles. The number of carbonyl (C=O) groups is 3. The average Bonchev–Trinajstić information content (AvgIpc) is 2.82. The molecule has 1 fully saturated rings. The van der Waals surface area contributed by atoms with E-state index in [4.69, 9.17) is 18.9 Å². The van der Waals surface area contributed by atoms with Gasteiger partial charge in [0.1, 0.15) is 12.4 Å². The maximum absolute atomic E-state index is 12.6. The van der Waals surface area contributed by atoms with Crippen LogP contribution in [0.1, 0.15) is 29.6 Å². The van der Waals surface area contributed by atoms with Crippen LogP contribution in [0.2, 0.25) is 0 Å². The predicted octanol–water partition coefficient (Wildman–Crippen LogP) is 1.86. The summed E-state index contributed by atoms with van der Waals surface area (Å²) in [6.45, 7) is 1.61. The van der Waals surface area contributed by atoms with Crippen molar-refractivity contribution in [2.75, 3.05) is 57.6 Å². The minimum Gasteiger partial charge on any atom is -0.466 e. The molecule has 1 aromatic rings. The van der Waals surface area contributed by atoms with E-state index in [-0.39, 0.29) is 24.6 Å². The number of esters is 3. The summed E-state index contributed by atoms with van der Waals surface area (Å²) in [7, 11) is 3.83. The first-order chi connectivity index (χ1) is 14.5. The second-order valence-corrected chi connectivity index (χ2v) is 6.96. The number of anilines is 2. The van der Waals surface area contributed by atoms with Crippen LogP contribution in [-0.4, -0.2) is 65.7 Å². The van der Waals surface area contributed by atoms with Gasteiger partial charge in [0.05, 0.1) is 50.4 Å². The topological polar surface area (TPSA) is 94.6 Å². The summed E-state index contributed by atoms with van der Waals surface area (Å²) < 4.78 is 20.2. The standard InChI is InChI=1S/C21H26N2O7/c1-27-19(24)14-7-8-16(17(11-14)22-9-5-4-6-10-22)23-13-30-12-15(20(25)28-2)18(23)21(26)29-3/h7-8,11H,4-6,9-10,12-13H2,1-3H3. The van der Waals surface area contributed by atoms with Crippen LogP contribution in [-0.2, 0) is 28.5 Å². The van der Waals surface area contributed by atoms with Crippen molar-refractivity contribution in [3.8, 4) is 0 Å². The molecule has 2 aliphatic heterocycles. The van der Waals surface area contributed by atoms with Crippen molar-refractivity contribution < 1.29 is 33.3 Å². The van der Waals surface area contributed by atoms with Crippen LogP contribution >= 0.6 is 0 Å². The molecule has 30 heavy (non-hydrogen) atoms. The van der Waals surface area contributed by atoms with Crippen molar-refractivity contribution in [3.05, 3.63) is 35.0 Å². The van der Waals surface area contributed by atoms with Crippen molar-refractivity contribution in [1.29, 1.82) is 0 Å². The van der Waals surface area contributed by atoms with Crippen LogP contribution in [0.3, 0.4) is 0 Å². The first-order valence-corrected chi connectivity index (χ1v) is 9.74. The first kappa shape index (κ1) is 21.6. The van der Waals surface area contributed by atoms with Gasteiger partial charge in [0.2, 0.25) is 0 Å². The molecule has 1 aromatic carbocycles. The van der Waals surface area contributed by atoms with E-state index in [1.807, 2.05) is 0 Å². The summed E-state index contributed by atoms with van der Waals surface area (Å²) in [6, 6.07) is 5.09. The maximum atomic E-state index is 12.6. The molecule has 0 radical (unpaired) electrons. The van der Waals surface area contributed by atoms with Crippen LogP contribution in [0.4, 0.5) is 11.4 Å². The van der Waals surface area contributed by atoms with E-state index >= 15 is 0 Å². The first-order valence-electron chi connectivity index (χ1n) is 9.74. The molecule has 0 N–H and O–H groups in total. The fourth-order valence-electron chi connectivity index (χ4n) is 3.72. The summed E-state index contributed by atoms with van der Waals surface area (Å²) in [5.41, 5.74) is 1.94. The molecule has 2 aliphatic rings. The molecule has 0 unspecified atom stereocenters. The molecule has 9 nitrogen and oxygen atoms in total. The lowest BCUT2D eigenvalue weighted by molar-refractivity contribution is -0.140. The van der Waals surface area contributed by atoms with Crippen molar-refractivity contribution >= 4 is 29.3 Å². The number of benzene rings is 1. The van der Waals surface area contributed by atoms with Gasteiger partial charge in [0, 0.05) is 13.1 Å². The third-order valence-corrected chi connectivity index (χ3v) is 5.22. The summed E-state index contributed by atoms with van der Waals surface area (Å²) in [5, 5.41) is 0. The zero-order chi connectivity index (χ0) is 21.7. The number of piperidine rings is 1. The normalized spacial score (nSPS) is 16.9. The molecule has 0 bridgehead atoms. The molecule has 0 saturated carbocycles. The number of ether oxygens (including phenoxy) is 4. The van der Waals surface area contributed by atoms with Gasteiger partial charge in [-0.3, -0.25) is 0 Å². The SMILES string of the molecule is COC(=O)C1=C(C(=O)OC)N(c2ccc(C(=O)OC)cc2N2CCCCC2)COC1. The van der Waals surface area contributed by atoms with Gasteiger partial charge in [-0.2, -0.15) is 0 Å². The highest BCUT2D eigenvalue weighted by Crippen LogP contribution is 2.37. The highest BCUT2D eigenvalue weighted by Gasteiger charge is 2.34. The van der Waals surface area contributed by atoms with Crippen LogP contribution in [0.25, 0.3) is 0 Å². The third kappa shape index (κ3) is 4.25. The minimum atomic E-state index is -0.666. The smallest absolute Gasteiger partial charge is 0.355 e. The third-order valence-electron chi connectivity index (χ3n) is 5.22. The van der Waals surface area contributed by atoms with Crippen molar-refractivity contribution in [1.82, 2.24) is 0 Å². The highest BCUT2D eigenvalue weighted by molar-refractivity contribution is 6.04. The molecule has 2 heterocycles. The number of hydrogen-bond acceptors (Lipinski definition) is 9. The minimum absolute atomic E-state index is 0.0450. The fraction of sp³-hybridized carbons (Fsp3) is 0.476. The van der Waals surface area contributed by atoms with E-state index in [9.17, 15) is 14.4 Å². The lowest BCUT2D eigenvalue weighted by atomic mass is 10.1. The van der Waals surface area contributed by atoms with E-state index in [1.165, 1.54) is 21.3 Å². The Morgan fingerprint density at radius 1 is 0.867 bits per heavy atom. The van der Waals surface area contributed by atoms with E-state index in [1.54, 1.807) is 23.1 Å². The van der Waals surface area contributed by atoms with Crippen LogP contribution in [0, 0.1) is 0 Å². The molecular weight excluding hydrogens is 392 g/mol. The Balaban J connectivity index is 2.15. The highest BCUT2D eigenvalue weighted by atomic mass is 16.5. The molecule has 0 atom stereocenters. The number of nitrogens with zero attached hydrogens (tertiary/aromatic N) is 2. The zero-order valence-electron chi connectivity index (χ0n) is 17.4. The van der Waals surface area contributed by atoms with Gasteiger partial charge in [0.25, 0.3) is 0 Å². The molecule has 0 amide bonds. The van der Waals surface area contributed by atoms with Crippen LogP contribution in [0.15, 0.2) is 29.5 Å². The number of rotatable bonds is 5. The lowest BCUT2D eigenvalue weighted by Crippen LogP contribution is -2.40. The van der Waals surface area contributed by atoms with Crippen LogP contribution in [0.5, 0.6) is 0 Å². The Morgan fingerprint density at radius 2 is 1.53 bits per heavy atom. The molecule has 162 valence electrons. The average molecular weight is 418 g/mol. The van der Waals surface area contributed by atoms with Gasteiger partial charge in [0.15, 0.2) is 0 Å². The molecule has 9 heteroatoms. The van der Waals surface area contributed by atoms with Gasteiger partial charge in [-0.15, -0.1) is 0 Å². The number of carbonyl (C=O) groups excluding carboxylic acids is 3. The Hall–Kier alpha value is -3.07. The quantitative estimate of drug-likeness (QED) is 0.524. The van der Waals surface area contributed by atoms with Gasteiger partial charge in [-0.1, -0.05) is 0 Å². The Bertz CT molecular complexity index is 859. The predicted molar refractivity (Wildman–Crippen MR) is 108 cm³/mol. The summed E-state index contributed by atoms with van der Waals surface area (Å²) in [6.07, 6.45) is 3.17. The molecule has 0 spiro atoms. The van der Waals surface area contributed by atoms with Crippen molar-refractivity contribution in [2.24, 2.45) is 0 Å². The zero-order valence-corrected chi connectivity index (χ0v) is 17.4. The van der Waals surface area contributed by atoms with Crippen molar-refractivity contribution in [3.63, 3.8) is 0 Å². The second-order valence-electron chi connectivity index (χ2n) is 6.96. The largest absolute Gasteiger partial charge is 0.466 e. The summed E-state index contributed by atoms with van der Waals surface area (Å²) in [5.74, 6) is -1.78. The fourth-order valence-corrected chi connectivity index (χ4v) is 3.72. The van der Waals surface area contributed by atoms with E-state index in [0.29, 0.717) is 11.3 Å². The number of methoxy groups -OCH3 is 3. The molecule has 3 rings (SSSR count). The molecule has 0 aliphatic carbocycles. The Labute approximate surface area is 175 Å². The molecule has 1 saturated heterocycles. The number of hydrogen-bond donors (Lipinski definition) is 0. The monoisotopic (exact) mass is 418 g/mol. The van der Waals surface area contributed by atoms with Crippen LogP contribution < -0.4 is 9.80 Å². The van der Waals surface area contributed by atoms with E-state index in [2.05, 4.69) is 4.90 Å². The maximum Gasteiger partial charge on any atom is 0.355 e. The van der Waals surface area contributed by atoms with Gasteiger partial charge in [-0.05, 0) is 37.5 Å². The Kier molecular flexibility index (Phi) is 6.94. The van der Waals surface area contributed by atoms with E-state index < -0.39 is 17.9 Å². The van der Waals surface area contributed by atoms with Gasteiger partial charge >= 0.3 is 17.9 Å². The lowest BCUT2D eigenvalue weighted by Gasteiger charge is -2.36. The van der Waals surface area contributed by atoms with E-state index in [0.717, 1.165) is 38.0 Å². The van der Waals surface area contributed by atoms with Gasteiger partial charge < -0.3 is 28.7 Å². The van der Waals surface area contributed by atoms with Gasteiger partial charge in [-0.25, -0.2) is 14.4 Å². The summed E-state index contributed by atoms with van der Waals surface area (Å²) >= 11 is 0. The second kappa shape index (κ2) is 9.62. The molecular formula is C21H26N2O7. The summed E-state index contributed by atoms with van der Waals surface area (Å²) in [4.78, 5) is 40.8.